The van der Waals surface area contributed by atoms with Gasteiger partial charge in [-0.2, -0.15) is 5.10 Å². The second-order valence-corrected chi connectivity index (χ2v) is 8.31. The minimum atomic E-state index is 0.671. The molecule has 6 heteroatoms. The Kier molecular flexibility index (Phi) is 8.61. The largest absolute Gasteiger partial charge is 0.357 e. The van der Waals surface area contributed by atoms with Crippen molar-refractivity contribution in [3.8, 4) is 0 Å². The first kappa shape index (κ1) is 21.7. The van der Waals surface area contributed by atoms with Crippen molar-refractivity contribution in [1.82, 2.24) is 25.3 Å². The molecule has 27 heavy (non-hydrogen) atoms. The number of rotatable bonds is 8. The van der Waals surface area contributed by atoms with Gasteiger partial charge < -0.3 is 15.5 Å². The maximum atomic E-state index is 4.76. The minimum Gasteiger partial charge on any atom is -0.357 e. The van der Waals surface area contributed by atoms with Gasteiger partial charge in [0.25, 0.3) is 0 Å². The van der Waals surface area contributed by atoms with Crippen LogP contribution in [0.4, 0.5) is 0 Å². The fraction of sp³-hybridized carbons (Fsp3) is 0.810. The van der Waals surface area contributed by atoms with Crippen LogP contribution in [0, 0.1) is 25.7 Å². The number of hydrogen-bond acceptors (Lipinski definition) is 3. The predicted octanol–water partition coefficient (Wildman–Crippen LogP) is 2.85. The van der Waals surface area contributed by atoms with Crippen LogP contribution in [0.5, 0.6) is 0 Å². The molecule has 1 aromatic rings. The lowest BCUT2D eigenvalue weighted by Gasteiger charge is -2.34. The lowest BCUT2D eigenvalue weighted by molar-refractivity contribution is 0.139. The SMILES string of the molecule is CCNC(=NCc1c(C)nn(C)c1C)NCCCCN1CC(C)CC(C)C1. The molecule has 0 radical (unpaired) electrons. The molecule has 1 aliphatic heterocycles. The fourth-order valence-electron chi connectivity index (χ4n) is 4.19. The van der Waals surface area contributed by atoms with Crippen molar-refractivity contribution >= 4 is 5.96 Å². The summed E-state index contributed by atoms with van der Waals surface area (Å²) >= 11 is 0. The van der Waals surface area contributed by atoms with Crippen LogP contribution in [0.2, 0.25) is 0 Å². The van der Waals surface area contributed by atoms with Gasteiger partial charge in [0, 0.05) is 44.5 Å². The van der Waals surface area contributed by atoms with Crippen LogP contribution in [0.3, 0.4) is 0 Å². The van der Waals surface area contributed by atoms with Crippen molar-refractivity contribution in [2.75, 3.05) is 32.7 Å². The maximum Gasteiger partial charge on any atom is 0.191 e. The second-order valence-electron chi connectivity index (χ2n) is 8.31. The van der Waals surface area contributed by atoms with E-state index in [2.05, 4.69) is 55.3 Å². The third-order valence-electron chi connectivity index (χ3n) is 5.54. The zero-order valence-electron chi connectivity index (χ0n) is 18.3. The van der Waals surface area contributed by atoms with Crippen LogP contribution in [0.25, 0.3) is 0 Å². The molecule has 2 unspecified atom stereocenters. The molecule has 0 saturated carbocycles. The van der Waals surface area contributed by atoms with Gasteiger partial charge in [0.2, 0.25) is 0 Å². The number of unbranched alkanes of at least 4 members (excludes halogenated alkanes) is 1. The third-order valence-corrected chi connectivity index (χ3v) is 5.54. The van der Waals surface area contributed by atoms with Gasteiger partial charge in [-0.3, -0.25) is 4.68 Å². The van der Waals surface area contributed by atoms with E-state index < -0.39 is 0 Å². The summed E-state index contributed by atoms with van der Waals surface area (Å²) in [5.74, 6) is 2.60. The Balaban J connectivity index is 1.74. The normalized spacial score (nSPS) is 21.5. The minimum absolute atomic E-state index is 0.671. The molecule has 0 aliphatic carbocycles. The predicted molar refractivity (Wildman–Crippen MR) is 114 cm³/mol. The van der Waals surface area contributed by atoms with E-state index in [0.29, 0.717) is 6.54 Å². The van der Waals surface area contributed by atoms with Crippen LogP contribution in [-0.4, -0.2) is 53.4 Å². The fourth-order valence-corrected chi connectivity index (χ4v) is 4.19. The lowest BCUT2D eigenvalue weighted by atomic mass is 9.92. The smallest absolute Gasteiger partial charge is 0.191 e. The summed E-state index contributed by atoms with van der Waals surface area (Å²) in [4.78, 5) is 7.40. The maximum absolute atomic E-state index is 4.76. The van der Waals surface area contributed by atoms with Crippen molar-refractivity contribution in [2.45, 2.75) is 60.4 Å². The van der Waals surface area contributed by atoms with Crippen LogP contribution in [0.1, 0.15) is 57.0 Å². The summed E-state index contributed by atoms with van der Waals surface area (Å²) in [6, 6.07) is 0. The first-order valence-electron chi connectivity index (χ1n) is 10.6. The molecule has 6 nitrogen and oxygen atoms in total. The highest BCUT2D eigenvalue weighted by molar-refractivity contribution is 5.79. The highest BCUT2D eigenvalue weighted by Gasteiger charge is 2.20. The van der Waals surface area contributed by atoms with E-state index in [-0.39, 0.29) is 0 Å². The van der Waals surface area contributed by atoms with Crippen molar-refractivity contribution in [2.24, 2.45) is 23.9 Å². The van der Waals surface area contributed by atoms with Crippen molar-refractivity contribution < 1.29 is 0 Å². The topological polar surface area (TPSA) is 57.5 Å². The van der Waals surface area contributed by atoms with Crippen LogP contribution in [0.15, 0.2) is 4.99 Å². The van der Waals surface area contributed by atoms with Gasteiger partial charge in [-0.1, -0.05) is 13.8 Å². The quantitative estimate of drug-likeness (QED) is 0.416. The Morgan fingerprint density at radius 3 is 2.44 bits per heavy atom. The molecule has 0 amide bonds. The summed E-state index contributed by atoms with van der Waals surface area (Å²) in [5.41, 5.74) is 3.49. The van der Waals surface area contributed by atoms with Gasteiger partial charge in [-0.15, -0.1) is 0 Å². The van der Waals surface area contributed by atoms with Gasteiger partial charge >= 0.3 is 0 Å². The van der Waals surface area contributed by atoms with Crippen LogP contribution >= 0.6 is 0 Å². The summed E-state index contributed by atoms with van der Waals surface area (Å²) in [6.45, 7) is 17.3. The van der Waals surface area contributed by atoms with E-state index in [1.54, 1.807) is 0 Å². The molecular formula is C21H40N6. The second kappa shape index (κ2) is 10.7. The van der Waals surface area contributed by atoms with E-state index in [0.717, 1.165) is 36.6 Å². The first-order valence-corrected chi connectivity index (χ1v) is 10.6. The zero-order chi connectivity index (χ0) is 19.8. The number of aryl methyl sites for hydroxylation is 2. The molecule has 154 valence electrons. The van der Waals surface area contributed by atoms with Crippen molar-refractivity contribution in [1.29, 1.82) is 0 Å². The molecule has 2 atom stereocenters. The lowest BCUT2D eigenvalue weighted by Crippen LogP contribution is -2.40. The average Bonchev–Trinajstić information content (AvgIpc) is 2.83. The Morgan fingerprint density at radius 2 is 1.85 bits per heavy atom. The number of likely N-dealkylation sites (tertiary alicyclic amines) is 1. The molecule has 1 aliphatic rings. The summed E-state index contributed by atoms with van der Waals surface area (Å²) in [5, 5.41) is 11.3. The highest BCUT2D eigenvalue weighted by Crippen LogP contribution is 2.21. The summed E-state index contributed by atoms with van der Waals surface area (Å²) in [7, 11) is 1.99. The monoisotopic (exact) mass is 376 g/mol. The summed E-state index contributed by atoms with van der Waals surface area (Å²) < 4.78 is 1.93. The Labute approximate surface area is 165 Å². The van der Waals surface area contributed by atoms with E-state index in [4.69, 9.17) is 4.99 Å². The van der Waals surface area contributed by atoms with Gasteiger partial charge in [-0.05, 0) is 58.4 Å². The van der Waals surface area contributed by atoms with Gasteiger partial charge in [0.05, 0.1) is 12.2 Å². The molecule has 2 heterocycles. The number of aliphatic imine (C=N–C) groups is 1. The van der Waals surface area contributed by atoms with E-state index in [1.165, 1.54) is 50.2 Å². The zero-order valence-corrected chi connectivity index (χ0v) is 18.3. The number of hydrogen-bond donors (Lipinski definition) is 2. The van der Waals surface area contributed by atoms with Crippen molar-refractivity contribution in [3.63, 3.8) is 0 Å². The molecular weight excluding hydrogens is 336 g/mol. The molecule has 0 aromatic carbocycles. The third kappa shape index (κ3) is 6.83. The number of piperidine rings is 1. The van der Waals surface area contributed by atoms with Crippen molar-refractivity contribution in [3.05, 3.63) is 17.0 Å². The number of guanidine groups is 1. The van der Waals surface area contributed by atoms with E-state index in [1.807, 2.05) is 11.7 Å². The van der Waals surface area contributed by atoms with Crippen LogP contribution < -0.4 is 10.6 Å². The number of nitrogens with zero attached hydrogens (tertiary/aromatic N) is 4. The Morgan fingerprint density at radius 1 is 1.15 bits per heavy atom. The standard InChI is InChI=1S/C21H40N6/c1-7-22-21(24-13-20-18(4)25-26(6)19(20)5)23-10-8-9-11-27-14-16(2)12-17(3)15-27/h16-17H,7-15H2,1-6H3,(H2,22,23,24). The van der Waals surface area contributed by atoms with Gasteiger partial charge in [0.15, 0.2) is 5.96 Å². The Hall–Kier alpha value is -1.56. The summed E-state index contributed by atoms with van der Waals surface area (Å²) in [6.07, 6.45) is 3.80. The van der Waals surface area contributed by atoms with E-state index in [9.17, 15) is 0 Å². The number of aromatic nitrogens is 2. The first-order chi connectivity index (χ1) is 12.9. The molecule has 0 bridgehead atoms. The molecule has 1 aromatic heterocycles. The average molecular weight is 377 g/mol. The molecule has 1 saturated heterocycles. The van der Waals surface area contributed by atoms with Gasteiger partial charge in [0.1, 0.15) is 0 Å². The van der Waals surface area contributed by atoms with Gasteiger partial charge in [-0.25, -0.2) is 4.99 Å². The Bertz CT molecular complexity index is 596. The molecule has 1 fully saturated rings. The molecule has 2 rings (SSSR count). The molecule has 2 N–H and O–H groups in total. The number of nitrogens with one attached hydrogen (secondary N) is 2. The molecule has 0 spiro atoms. The van der Waals surface area contributed by atoms with Crippen LogP contribution in [-0.2, 0) is 13.6 Å². The van der Waals surface area contributed by atoms with E-state index >= 15 is 0 Å². The highest BCUT2D eigenvalue weighted by atomic mass is 15.3.